The minimum atomic E-state index is 0.106. The van der Waals surface area contributed by atoms with Crippen molar-refractivity contribution in [3.8, 4) is 0 Å². The zero-order chi connectivity index (χ0) is 15.1. The number of aryl methyl sites for hydroxylation is 1. The van der Waals surface area contributed by atoms with Crippen LogP contribution in [-0.2, 0) is 11.8 Å². The largest absolute Gasteiger partial charge is 0.383 e. The molecule has 0 saturated carbocycles. The second-order valence-electron chi connectivity index (χ2n) is 5.85. The van der Waals surface area contributed by atoms with Gasteiger partial charge in [-0.2, -0.15) is 5.10 Å². The molecule has 0 aliphatic carbocycles. The van der Waals surface area contributed by atoms with Gasteiger partial charge in [-0.25, -0.2) is 0 Å². The van der Waals surface area contributed by atoms with E-state index in [2.05, 4.69) is 37.0 Å². The van der Waals surface area contributed by atoms with Crippen LogP contribution < -0.4 is 5.73 Å². The van der Waals surface area contributed by atoms with Crippen LogP contribution in [0.3, 0.4) is 0 Å². The molecule has 5 heteroatoms. The molecule has 1 aromatic rings. The number of nitrogens with two attached hydrogens (primary N) is 1. The average molecular weight is 282 g/mol. The van der Waals surface area contributed by atoms with Gasteiger partial charge in [-0.3, -0.25) is 9.58 Å². The summed E-state index contributed by atoms with van der Waals surface area (Å²) in [7, 11) is 3.69. The van der Waals surface area contributed by atoms with Crippen LogP contribution in [0.4, 0.5) is 0 Å². The molecule has 0 bridgehead atoms. The molecule has 20 heavy (non-hydrogen) atoms. The standard InChI is InChI=1S/C15H30N4O/c1-6-14(16)15(13-9-17-18(4)11-13)19(7-8-20-5)10-12(2)3/h9,11-12,14-15H,6-8,10,16H2,1-5H3. The van der Waals surface area contributed by atoms with Gasteiger partial charge in [-0.1, -0.05) is 20.8 Å². The van der Waals surface area contributed by atoms with Gasteiger partial charge in [0, 0.05) is 45.0 Å². The molecule has 1 aromatic heterocycles. The van der Waals surface area contributed by atoms with Gasteiger partial charge < -0.3 is 10.5 Å². The first kappa shape index (κ1) is 17.1. The SMILES string of the molecule is CCC(N)C(c1cnn(C)c1)N(CCOC)CC(C)C. The molecule has 2 atom stereocenters. The van der Waals surface area contributed by atoms with Gasteiger partial charge in [0.05, 0.1) is 18.8 Å². The van der Waals surface area contributed by atoms with Gasteiger partial charge >= 0.3 is 0 Å². The lowest BCUT2D eigenvalue weighted by atomic mass is 9.98. The number of ether oxygens (including phenoxy) is 1. The van der Waals surface area contributed by atoms with Crippen molar-refractivity contribution >= 4 is 0 Å². The summed E-state index contributed by atoms with van der Waals surface area (Å²) in [6.45, 7) is 9.23. The third kappa shape index (κ3) is 4.89. The Labute approximate surface area is 123 Å². The predicted octanol–water partition coefficient (Wildman–Crippen LogP) is 1.80. The average Bonchev–Trinajstić information content (AvgIpc) is 2.81. The Kier molecular flexibility index (Phi) is 7.19. The summed E-state index contributed by atoms with van der Waals surface area (Å²) in [5.74, 6) is 0.593. The van der Waals surface area contributed by atoms with Crippen molar-refractivity contribution in [1.82, 2.24) is 14.7 Å². The van der Waals surface area contributed by atoms with Crippen LogP contribution in [-0.4, -0.2) is 47.5 Å². The summed E-state index contributed by atoms with van der Waals surface area (Å²) in [5, 5.41) is 4.30. The van der Waals surface area contributed by atoms with Crippen molar-refractivity contribution in [2.24, 2.45) is 18.7 Å². The van der Waals surface area contributed by atoms with Gasteiger partial charge in [0.15, 0.2) is 0 Å². The molecule has 2 N–H and O–H groups in total. The zero-order valence-electron chi connectivity index (χ0n) is 13.5. The minimum Gasteiger partial charge on any atom is -0.383 e. The van der Waals surface area contributed by atoms with E-state index in [0.717, 1.165) is 26.1 Å². The fourth-order valence-electron chi connectivity index (χ4n) is 2.57. The van der Waals surface area contributed by atoms with Crippen LogP contribution >= 0.6 is 0 Å². The normalized spacial score (nSPS) is 15.0. The molecule has 0 radical (unpaired) electrons. The van der Waals surface area contributed by atoms with Crippen molar-refractivity contribution in [2.45, 2.75) is 39.3 Å². The summed E-state index contributed by atoms with van der Waals surface area (Å²) in [6, 6.07) is 0.307. The molecule has 2 unspecified atom stereocenters. The maximum absolute atomic E-state index is 6.39. The molecule has 0 aliphatic heterocycles. The van der Waals surface area contributed by atoms with Crippen molar-refractivity contribution in [3.05, 3.63) is 18.0 Å². The smallest absolute Gasteiger partial charge is 0.0589 e. The molecular weight excluding hydrogens is 252 g/mol. The molecule has 0 spiro atoms. The summed E-state index contributed by atoms with van der Waals surface area (Å²) in [5.41, 5.74) is 7.58. The Hall–Kier alpha value is -0.910. The lowest BCUT2D eigenvalue weighted by Gasteiger charge is -2.35. The minimum absolute atomic E-state index is 0.106. The van der Waals surface area contributed by atoms with E-state index in [0.29, 0.717) is 5.92 Å². The predicted molar refractivity (Wildman–Crippen MR) is 82.5 cm³/mol. The van der Waals surface area contributed by atoms with Crippen LogP contribution in [0, 0.1) is 5.92 Å². The Bertz CT molecular complexity index is 378. The number of rotatable bonds is 9. The fourth-order valence-corrected chi connectivity index (χ4v) is 2.57. The summed E-state index contributed by atoms with van der Waals surface area (Å²) in [6.07, 6.45) is 4.95. The van der Waals surface area contributed by atoms with E-state index in [1.807, 2.05) is 17.9 Å². The first-order valence-electron chi connectivity index (χ1n) is 7.46. The van der Waals surface area contributed by atoms with Crippen molar-refractivity contribution in [2.75, 3.05) is 26.8 Å². The monoisotopic (exact) mass is 282 g/mol. The quantitative estimate of drug-likeness (QED) is 0.750. The molecule has 0 amide bonds. The molecule has 0 aromatic carbocycles. The van der Waals surface area contributed by atoms with E-state index >= 15 is 0 Å². The molecule has 5 nitrogen and oxygen atoms in total. The number of methoxy groups -OCH3 is 1. The van der Waals surface area contributed by atoms with Crippen LogP contribution in [0.2, 0.25) is 0 Å². The second kappa shape index (κ2) is 8.39. The first-order chi connectivity index (χ1) is 9.49. The van der Waals surface area contributed by atoms with Crippen LogP contribution in [0.1, 0.15) is 38.8 Å². The number of hydrogen-bond donors (Lipinski definition) is 1. The molecule has 0 saturated heterocycles. The first-order valence-corrected chi connectivity index (χ1v) is 7.46. The van der Waals surface area contributed by atoms with E-state index in [4.69, 9.17) is 10.5 Å². The van der Waals surface area contributed by atoms with E-state index in [1.165, 1.54) is 5.56 Å². The Morgan fingerprint density at radius 3 is 2.60 bits per heavy atom. The van der Waals surface area contributed by atoms with Crippen molar-refractivity contribution in [1.29, 1.82) is 0 Å². The van der Waals surface area contributed by atoms with Crippen molar-refractivity contribution < 1.29 is 4.74 Å². The van der Waals surface area contributed by atoms with Crippen LogP contribution in [0.15, 0.2) is 12.4 Å². The number of hydrogen-bond acceptors (Lipinski definition) is 4. The molecule has 116 valence electrons. The highest BCUT2D eigenvalue weighted by Gasteiger charge is 2.27. The van der Waals surface area contributed by atoms with Crippen molar-refractivity contribution in [3.63, 3.8) is 0 Å². The zero-order valence-corrected chi connectivity index (χ0v) is 13.5. The molecule has 1 rings (SSSR count). The highest BCUT2D eigenvalue weighted by atomic mass is 16.5. The van der Waals surface area contributed by atoms with Gasteiger partial charge in [0.25, 0.3) is 0 Å². The summed E-state index contributed by atoms with van der Waals surface area (Å²) >= 11 is 0. The molecule has 0 aliphatic rings. The maximum atomic E-state index is 6.39. The van der Waals surface area contributed by atoms with Gasteiger partial charge in [-0.15, -0.1) is 0 Å². The van der Waals surface area contributed by atoms with Crippen LogP contribution in [0.25, 0.3) is 0 Å². The Morgan fingerprint density at radius 1 is 1.45 bits per heavy atom. The summed E-state index contributed by atoms with van der Waals surface area (Å²) < 4.78 is 7.10. The van der Waals surface area contributed by atoms with Gasteiger partial charge in [0.1, 0.15) is 0 Å². The fraction of sp³-hybridized carbons (Fsp3) is 0.800. The number of aromatic nitrogens is 2. The highest BCUT2D eigenvalue weighted by molar-refractivity contribution is 5.13. The van der Waals surface area contributed by atoms with Crippen LogP contribution in [0.5, 0.6) is 0 Å². The third-order valence-corrected chi connectivity index (χ3v) is 3.52. The van der Waals surface area contributed by atoms with Gasteiger partial charge in [0.2, 0.25) is 0 Å². The Balaban J connectivity index is 2.97. The van der Waals surface area contributed by atoms with Gasteiger partial charge in [-0.05, 0) is 12.3 Å². The third-order valence-electron chi connectivity index (χ3n) is 3.52. The van der Waals surface area contributed by atoms with E-state index in [-0.39, 0.29) is 12.1 Å². The topological polar surface area (TPSA) is 56.3 Å². The lowest BCUT2D eigenvalue weighted by molar-refractivity contribution is 0.0975. The second-order valence-corrected chi connectivity index (χ2v) is 5.85. The molecule has 0 fully saturated rings. The lowest BCUT2D eigenvalue weighted by Crippen LogP contribution is -2.43. The molecule has 1 heterocycles. The maximum Gasteiger partial charge on any atom is 0.0589 e. The van der Waals surface area contributed by atoms with E-state index in [1.54, 1.807) is 7.11 Å². The van der Waals surface area contributed by atoms with E-state index < -0.39 is 0 Å². The number of nitrogens with zero attached hydrogens (tertiary/aromatic N) is 3. The Morgan fingerprint density at radius 2 is 2.15 bits per heavy atom. The molecular formula is C15H30N4O. The van der Waals surface area contributed by atoms with E-state index in [9.17, 15) is 0 Å². The highest BCUT2D eigenvalue weighted by Crippen LogP contribution is 2.25. The summed E-state index contributed by atoms with van der Waals surface area (Å²) in [4.78, 5) is 2.43.